The Morgan fingerprint density at radius 3 is 2.43 bits per heavy atom. The zero-order chi connectivity index (χ0) is 21.3. The minimum Gasteiger partial charge on any atom is -0.321 e. The van der Waals surface area contributed by atoms with E-state index in [1.807, 2.05) is 80.1 Å². The minimum atomic E-state index is -0.162. The summed E-state index contributed by atoms with van der Waals surface area (Å²) in [7, 11) is 0. The fourth-order valence-corrected chi connectivity index (χ4v) is 4.41. The molecule has 4 rings (SSSR count). The van der Waals surface area contributed by atoms with Crippen LogP contribution in [0, 0.1) is 20.8 Å². The molecule has 0 unspecified atom stereocenters. The molecular weight excluding hydrogens is 416 g/mol. The number of carbonyl (C=O) groups excluding carboxylic acids is 1. The van der Waals surface area contributed by atoms with E-state index in [0.29, 0.717) is 15.7 Å². The average molecular weight is 437 g/mol. The maximum atomic E-state index is 12.7. The minimum absolute atomic E-state index is 0.162. The Hall–Kier alpha value is -2.96. The molecule has 7 heteroatoms. The van der Waals surface area contributed by atoms with E-state index in [9.17, 15) is 4.79 Å². The van der Waals surface area contributed by atoms with Gasteiger partial charge >= 0.3 is 0 Å². The summed E-state index contributed by atoms with van der Waals surface area (Å²) in [5.41, 5.74) is 5.74. The second-order valence-electron chi connectivity index (χ2n) is 7.10. The van der Waals surface area contributed by atoms with Gasteiger partial charge in [-0.05, 0) is 50.6 Å². The number of benzene rings is 2. The number of aromatic nitrogens is 3. The van der Waals surface area contributed by atoms with E-state index in [1.54, 1.807) is 0 Å². The van der Waals surface area contributed by atoms with E-state index in [2.05, 4.69) is 10.3 Å². The summed E-state index contributed by atoms with van der Waals surface area (Å²) in [5.74, 6) is -0.162. The molecule has 0 saturated carbocycles. The van der Waals surface area contributed by atoms with Gasteiger partial charge in [-0.3, -0.25) is 4.79 Å². The Morgan fingerprint density at radius 1 is 1.03 bits per heavy atom. The number of nitrogens with zero attached hydrogens (tertiary/aromatic N) is 3. The van der Waals surface area contributed by atoms with Crippen LogP contribution in [0.25, 0.3) is 5.13 Å². The van der Waals surface area contributed by atoms with Crippen LogP contribution in [0.15, 0.2) is 54.6 Å². The fraction of sp³-hybridized carbons (Fsp3) is 0.174. The molecular formula is C23H21ClN4OS. The number of rotatable bonds is 5. The summed E-state index contributed by atoms with van der Waals surface area (Å²) in [5, 5.41) is 9.04. The Morgan fingerprint density at radius 2 is 1.73 bits per heavy atom. The van der Waals surface area contributed by atoms with Gasteiger partial charge in [0.25, 0.3) is 5.91 Å². The molecule has 4 aromatic rings. The van der Waals surface area contributed by atoms with Gasteiger partial charge < -0.3 is 5.32 Å². The number of anilines is 1. The van der Waals surface area contributed by atoms with Gasteiger partial charge in [-0.2, -0.15) is 5.10 Å². The molecule has 0 aliphatic heterocycles. The van der Waals surface area contributed by atoms with Gasteiger partial charge in [-0.1, -0.05) is 53.3 Å². The zero-order valence-electron chi connectivity index (χ0n) is 16.9. The van der Waals surface area contributed by atoms with Crippen LogP contribution in [0.4, 0.5) is 5.69 Å². The maximum Gasteiger partial charge on any atom is 0.267 e. The predicted octanol–water partition coefficient (Wildman–Crippen LogP) is 5.75. The molecule has 0 bridgehead atoms. The highest BCUT2D eigenvalue weighted by atomic mass is 35.5. The van der Waals surface area contributed by atoms with E-state index in [1.165, 1.54) is 16.9 Å². The number of para-hydroxylation sites is 1. The highest BCUT2D eigenvalue weighted by molar-refractivity contribution is 7.16. The summed E-state index contributed by atoms with van der Waals surface area (Å²) < 4.78 is 1.83. The first kappa shape index (κ1) is 20.3. The molecule has 0 radical (unpaired) electrons. The lowest BCUT2D eigenvalue weighted by Gasteiger charge is -2.04. The lowest BCUT2D eigenvalue weighted by Crippen LogP contribution is -2.11. The summed E-state index contributed by atoms with van der Waals surface area (Å²) in [6.45, 7) is 5.88. The van der Waals surface area contributed by atoms with Crippen molar-refractivity contribution < 1.29 is 4.79 Å². The quantitative estimate of drug-likeness (QED) is 0.433. The zero-order valence-corrected chi connectivity index (χ0v) is 18.5. The van der Waals surface area contributed by atoms with E-state index in [0.717, 1.165) is 34.1 Å². The van der Waals surface area contributed by atoms with Gasteiger partial charge in [0.05, 0.1) is 11.4 Å². The van der Waals surface area contributed by atoms with Gasteiger partial charge in [0, 0.05) is 28.4 Å². The van der Waals surface area contributed by atoms with E-state index in [-0.39, 0.29) is 5.91 Å². The monoisotopic (exact) mass is 436 g/mol. The number of thiazole rings is 1. The summed E-state index contributed by atoms with van der Waals surface area (Å²) in [4.78, 5) is 17.9. The summed E-state index contributed by atoms with van der Waals surface area (Å²) in [6, 6.07) is 17.3. The van der Waals surface area contributed by atoms with Gasteiger partial charge in [0.1, 0.15) is 4.88 Å². The number of nitrogens with one attached hydrogen (secondary N) is 1. The maximum absolute atomic E-state index is 12.7. The molecule has 0 aliphatic rings. The molecule has 2 aromatic carbocycles. The van der Waals surface area contributed by atoms with Crippen LogP contribution in [0.1, 0.15) is 37.9 Å². The third-order valence-electron chi connectivity index (χ3n) is 4.94. The molecule has 1 amide bonds. The molecule has 0 aliphatic carbocycles. The smallest absolute Gasteiger partial charge is 0.267 e. The Labute approximate surface area is 184 Å². The molecule has 152 valence electrons. The Bertz CT molecular complexity index is 1200. The average Bonchev–Trinajstić information content (AvgIpc) is 3.25. The molecule has 0 saturated heterocycles. The third kappa shape index (κ3) is 4.15. The first-order valence-corrected chi connectivity index (χ1v) is 10.8. The van der Waals surface area contributed by atoms with Crippen LogP contribution >= 0.6 is 22.9 Å². The molecule has 30 heavy (non-hydrogen) atoms. The highest BCUT2D eigenvalue weighted by Crippen LogP contribution is 2.27. The second-order valence-corrected chi connectivity index (χ2v) is 8.51. The van der Waals surface area contributed by atoms with Crippen LogP contribution in [0.2, 0.25) is 5.02 Å². The van der Waals surface area contributed by atoms with Crippen LogP contribution in [0.5, 0.6) is 0 Å². The molecule has 1 N–H and O–H groups in total. The normalized spacial score (nSPS) is 10.9. The molecule has 0 spiro atoms. The van der Waals surface area contributed by atoms with E-state index >= 15 is 0 Å². The van der Waals surface area contributed by atoms with Crippen molar-refractivity contribution in [3.8, 4) is 5.13 Å². The number of hydrogen-bond acceptors (Lipinski definition) is 4. The Balaban J connectivity index is 1.61. The van der Waals surface area contributed by atoms with Crippen molar-refractivity contribution in [3.63, 3.8) is 0 Å². The lowest BCUT2D eigenvalue weighted by atomic mass is 10.0. The third-order valence-corrected chi connectivity index (χ3v) is 6.32. The van der Waals surface area contributed by atoms with Crippen LogP contribution in [-0.4, -0.2) is 20.7 Å². The predicted molar refractivity (Wildman–Crippen MR) is 122 cm³/mol. The first-order valence-electron chi connectivity index (χ1n) is 9.56. The highest BCUT2D eigenvalue weighted by Gasteiger charge is 2.20. The van der Waals surface area contributed by atoms with Crippen LogP contribution in [0.3, 0.4) is 0 Å². The molecule has 2 aromatic heterocycles. The largest absolute Gasteiger partial charge is 0.321 e. The first-order chi connectivity index (χ1) is 14.4. The number of amides is 1. The summed E-state index contributed by atoms with van der Waals surface area (Å²) >= 11 is 7.34. The second kappa shape index (κ2) is 8.42. The molecule has 2 heterocycles. The van der Waals surface area contributed by atoms with Gasteiger partial charge in [-0.15, -0.1) is 0 Å². The number of aryl methyl sites for hydroxylation is 2. The van der Waals surface area contributed by atoms with Crippen molar-refractivity contribution in [2.45, 2.75) is 27.2 Å². The fourth-order valence-electron chi connectivity index (χ4n) is 3.32. The topological polar surface area (TPSA) is 59.8 Å². The number of halogens is 1. The van der Waals surface area contributed by atoms with Crippen molar-refractivity contribution in [3.05, 3.63) is 92.7 Å². The standard InChI is InChI=1S/C23H21ClN4OS/c1-14-20(13-17-9-11-18(24)12-10-17)16(3)28(27-14)23-25-15(2)21(30-23)22(29)26-19-7-5-4-6-8-19/h4-12H,13H2,1-3H3,(H,26,29). The van der Waals surface area contributed by atoms with Gasteiger partial charge in [0.15, 0.2) is 0 Å². The molecule has 0 fully saturated rings. The van der Waals surface area contributed by atoms with Crippen LogP contribution < -0.4 is 5.32 Å². The number of carbonyl (C=O) groups is 1. The van der Waals surface area contributed by atoms with Crippen LogP contribution in [-0.2, 0) is 6.42 Å². The van der Waals surface area contributed by atoms with Crippen molar-refractivity contribution >= 4 is 34.5 Å². The Kier molecular flexibility index (Phi) is 5.70. The SMILES string of the molecule is Cc1nc(-n2nc(C)c(Cc3ccc(Cl)cc3)c2C)sc1C(=O)Nc1ccccc1. The van der Waals surface area contributed by atoms with Crippen molar-refractivity contribution in [2.75, 3.05) is 5.32 Å². The van der Waals surface area contributed by atoms with Crippen molar-refractivity contribution in [1.29, 1.82) is 0 Å². The molecule has 0 atom stereocenters. The number of hydrogen-bond donors (Lipinski definition) is 1. The van der Waals surface area contributed by atoms with E-state index < -0.39 is 0 Å². The van der Waals surface area contributed by atoms with Gasteiger partial charge in [-0.25, -0.2) is 9.67 Å². The van der Waals surface area contributed by atoms with E-state index in [4.69, 9.17) is 16.7 Å². The van der Waals surface area contributed by atoms with Crippen molar-refractivity contribution in [1.82, 2.24) is 14.8 Å². The summed E-state index contributed by atoms with van der Waals surface area (Å²) in [6.07, 6.45) is 0.764. The lowest BCUT2D eigenvalue weighted by molar-refractivity contribution is 0.103. The van der Waals surface area contributed by atoms with Crippen molar-refractivity contribution in [2.24, 2.45) is 0 Å². The molecule has 5 nitrogen and oxygen atoms in total. The van der Waals surface area contributed by atoms with Gasteiger partial charge in [0.2, 0.25) is 5.13 Å².